The van der Waals surface area contributed by atoms with E-state index in [1.165, 1.54) is 6.26 Å². The van der Waals surface area contributed by atoms with Crippen molar-refractivity contribution >= 4 is 38.4 Å². The molecule has 32 heavy (non-hydrogen) atoms. The fraction of sp³-hybridized carbons (Fsp3) is 0.476. The highest BCUT2D eigenvalue weighted by Crippen LogP contribution is 2.39. The van der Waals surface area contributed by atoms with Crippen molar-refractivity contribution in [2.24, 2.45) is 0 Å². The lowest BCUT2D eigenvalue weighted by Crippen LogP contribution is -2.49. The second kappa shape index (κ2) is 7.98. The summed E-state index contributed by atoms with van der Waals surface area (Å²) in [5, 5.41) is 24.2. The van der Waals surface area contributed by atoms with Gasteiger partial charge in [-0.15, -0.1) is 0 Å². The first-order valence-electron chi connectivity index (χ1n) is 10.8. The molecule has 0 spiro atoms. The Morgan fingerprint density at radius 1 is 1.16 bits per heavy atom. The summed E-state index contributed by atoms with van der Waals surface area (Å²) in [6.45, 7) is 1.78. The van der Waals surface area contributed by atoms with Crippen LogP contribution in [0.15, 0.2) is 24.3 Å². The molecule has 2 saturated heterocycles. The molecule has 1 unspecified atom stereocenters. The number of H-pyrrole nitrogens is 1. The van der Waals surface area contributed by atoms with E-state index in [-0.39, 0.29) is 24.7 Å². The Kier molecular flexibility index (Phi) is 5.26. The van der Waals surface area contributed by atoms with Gasteiger partial charge in [0.15, 0.2) is 5.82 Å². The van der Waals surface area contributed by atoms with E-state index in [0.29, 0.717) is 28.7 Å². The van der Waals surface area contributed by atoms with Crippen LogP contribution in [-0.2, 0) is 16.6 Å². The topological polar surface area (TPSA) is 136 Å². The van der Waals surface area contributed by atoms with Crippen molar-refractivity contribution in [1.82, 2.24) is 24.5 Å². The fourth-order valence-electron chi connectivity index (χ4n) is 5.03. The van der Waals surface area contributed by atoms with Crippen LogP contribution in [0.4, 0.5) is 17.5 Å². The number of nitrogens with zero attached hydrogens (tertiary/aromatic N) is 4. The number of aromatic amines is 1. The van der Waals surface area contributed by atoms with Gasteiger partial charge < -0.3 is 15.7 Å². The van der Waals surface area contributed by atoms with Crippen LogP contribution in [0, 0.1) is 6.92 Å². The molecular formula is C21H27N7O3S. The summed E-state index contributed by atoms with van der Waals surface area (Å²) in [4.78, 5) is 9.34. The van der Waals surface area contributed by atoms with Gasteiger partial charge in [-0.25, -0.2) is 13.4 Å². The molecule has 3 aromatic heterocycles. The molecule has 3 aromatic rings. The first-order valence-corrected chi connectivity index (χ1v) is 12.6. The maximum absolute atomic E-state index is 12.2. The second-order valence-corrected chi connectivity index (χ2v) is 10.6. The van der Waals surface area contributed by atoms with Crippen LogP contribution in [0.5, 0.6) is 0 Å². The lowest BCUT2D eigenvalue weighted by Gasteiger charge is -2.37. The highest BCUT2D eigenvalue weighted by Gasteiger charge is 2.45. The zero-order valence-corrected chi connectivity index (χ0v) is 18.9. The summed E-state index contributed by atoms with van der Waals surface area (Å²) in [7, 11) is -3.20. The van der Waals surface area contributed by atoms with Crippen molar-refractivity contribution in [3.63, 3.8) is 0 Å². The van der Waals surface area contributed by atoms with Gasteiger partial charge in [-0.3, -0.25) is 10.1 Å². The summed E-state index contributed by atoms with van der Waals surface area (Å²) >= 11 is 0. The number of aliphatic hydroxyl groups excluding tert-OH is 1. The second-order valence-electron chi connectivity index (χ2n) is 8.74. The van der Waals surface area contributed by atoms with E-state index in [1.807, 2.05) is 25.1 Å². The minimum Gasteiger partial charge on any atom is -0.390 e. The molecule has 2 aliphatic heterocycles. The normalized spacial score (nSPS) is 23.5. The van der Waals surface area contributed by atoms with Gasteiger partial charge in [0.25, 0.3) is 0 Å². The smallest absolute Gasteiger partial charge is 0.211 e. The number of piperidine rings is 1. The van der Waals surface area contributed by atoms with Crippen LogP contribution in [0.25, 0.3) is 10.9 Å². The average Bonchev–Trinajstić information content (AvgIpc) is 3.27. The molecule has 10 nitrogen and oxygen atoms in total. The van der Waals surface area contributed by atoms with Gasteiger partial charge in [0.05, 0.1) is 24.1 Å². The number of anilines is 3. The monoisotopic (exact) mass is 457 g/mol. The number of fused-ring (bicyclic) bond motifs is 3. The lowest BCUT2D eigenvalue weighted by atomic mass is 9.99. The zero-order valence-electron chi connectivity index (χ0n) is 18.0. The van der Waals surface area contributed by atoms with Crippen molar-refractivity contribution in [1.29, 1.82) is 0 Å². The summed E-state index contributed by atoms with van der Waals surface area (Å²) < 4.78 is 26.1. The van der Waals surface area contributed by atoms with Crippen LogP contribution >= 0.6 is 0 Å². The maximum atomic E-state index is 12.2. The van der Waals surface area contributed by atoms with Crippen molar-refractivity contribution in [2.75, 3.05) is 16.9 Å². The SMILES string of the molecule is Cc1cc(Nc2cc3nc(CO)ccc3c(NC3C[C@H]4CC[C@@H](C3)N4S(C)(=O)=O)n2)n[nH]1. The molecule has 2 bridgehead atoms. The first kappa shape index (κ1) is 21.1. The molecule has 0 aliphatic carbocycles. The predicted molar refractivity (Wildman–Crippen MR) is 122 cm³/mol. The number of nitrogens with one attached hydrogen (secondary N) is 3. The number of aryl methyl sites for hydroxylation is 1. The molecule has 0 saturated carbocycles. The maximum Gasteiger partial charge on any atom is 0.211 e. The zero-order chi connectivity index (χ0) is 22.5. The van der Waals surface area contributed by atoms with Crippen molar-refractivity contribution < 1.29 is 13.5 Å². The molecule has 170 valence electrons. The molecule has 2 aliphatic rings. The fourth-order valence-corrected chi connectivity index (χ4v) is 6.50. The third-order valence-corrected chi connectivity index (χ3v) is 7.62. The van der Waals surface area contributed by atoms with E-state index < -0.39 is 10.0 Å². The largest absolute Gasteiger partial charge is 0.390 e. The Morgan fingerprint density at radius 2 is 1.91 bits per heavy atom. The van der Waals surface area contributed by atoms with E-state index in [9.17, 15) is 13.5 Å². The van der Waals surface area contributed by atoms with Crippen molar-refractivity contribution in [3.8, 4) is 0 Å². The van der Waals surface area contributed by atoms with Crippen molar-refractivity contribution in [3.05, 3.63) is 35.7 Å². The van der Waals surface area contributed by atoms with E-state index in [1.54, 1.807) is 10.4 Å². The average molecular weight is 458 g/mol. The number of aliphatic hydroxyl groups is 1. The van der Waals surface area contributed by atoms with E-state index in [2.05, 4.69) is 25.8 Å². The first-order chi connectivity index (χ1) is 15.3. The number of hydrogen-bond donors (Lipinski definition) is 4. The molecule has 2 fully saturated rings. The van der Waals surface area contributed by atoms with Crippen LogP contribution < -0.4 is 10.6 Å². The predicted octanol–water partition coefficient (Wildman–Crippen LogP) is 2.26. The Morgan fingerprint density at radius 3 is 2.53 bits per heavy atom. The number of aromatic nitrogens is 4. The Labute approximate surface area is 186 Å². The number of hydrogen-bond acceptors (Lipinski definition) is 8. The third-order valence-electron chi connectivity index (χ3n) is 6.26. The van der Waals surface area contributed by atoms with Crippen LogP contribution in [0.3, 0.4) is 0 Å². The summed E-state index contributed by atoms with van der Waals surface area (Å²) in [5.74, 6) is 1.93. The highest BCUT2D eigenvalue weighted by atomic mass is 32.2. The molecule has 4 N–H and O–H groups in total. The molecule has 5 rings (SSSR count). The molecule has 0 amide bonds. The Bertz CT molecular complexity index is 1250. The van der Waals surface area contributed by atoms with E-state index in [0.717, 1.165) is 36.8 Å². The standard InChI is InChI=1S/C21H27N7O3S/c1-12-7-20(27-26-12)24-19-10-18-17(6-3-13(11-29)22-18)21(25-19)23-14-8-15-4-5-16(9-14)28(15)32(2,30)31/h3,6-7,10,14-16,29H,4-5,8-9,11H2,1-2H3,(H3,23,24,25,26,27)/t14?,15-,16+. The van der Waals surface area contributed by atoms with Gasteiger partial charge in [-0.1, -0.05) is 0 Å². The molecule has 11 heteroatoms. The van der Waals surface area contributed by atoms with Gasteiger partial charge in [-0.05, 0) is 44.7 Å². The summed E-state index contributed by atoms with van der Waals surface area (Å²) in [5.41, 5.74) is 2.22. The quantitative estimate of drug-likeness (QED) is 0.443. The van der Waals surface area contributed by atoms with Gasteiger partial charge >= 0.3 is 0 Å². The van der Waals surface area contributed by atoms with Gasteiger partial charge in [0, 0.05) is 41.3 Å². The summed E-state index contributed by atoms with van der Waals surface area (Å²) in [6.07, 6.45) is 4.57. The van der Waals surface area contributed by atoms with E-state index >= 15 is 0 Å². The number of pyridine rings is 2. The molecule has 0 radical (unpaired) electrons. The van der Waals surface area contributed by atoms with Crippen LogP contribution in [0.1, 0.15) is 37.1 Å². The minimum absolute atomic E-state index is 0.0277. The van der Waals surface area contributed by atoms with Crippen LogP contribution in [0.2, 0.25) is 0 Å². The van der Waals surface area contributed by atoms with Gasteiger partial charge in [0.1, 0.15) is 11.6 Å². The summed E-state index contributed by atoms with van der Waals surface area (Å²) in [6, 6.07) is 7.58. The van der Waals surface area contributed by atoms with Crippen LogP contribution in [-0.4, -0.2) is 62.4 Å². The Hall–Kier alpha value is -2.76. The highest BCUT2D eigenvalue weighted by molar-refractivity contribution is 7.88. The molecule has 5 heterocycles. The molecule has 0 aromatic carbocycles. The van der Waals surface area contributed by atoms with Gasteiger partial charge in [-0.2, -0.15) is 9.40 Å². The number of rotatable bonds is 6. The third kappa shape index (κ3) is 4.03. The Balaban J connectivity index is 1.46. The number of sulfonamides is 1. The van der Waals surface area contributed by atoms with E-state index in [4.69, 9.17) is 4.98 Å². The van der Waals surface area contributed by atoms with Crippen molar-refractivity contribution in [2.45, 2.75) is 57.3 Å². The van der Waals surface area contributed by atoms with Gasteiger partial charge in [0.2, 0.25) is 10.0 Å². The lowest BCUT2D eigenvalue weighted by molar-refractivity contribution is 0.236. The molecule has 3 atom stereocenters. The molecular weight excluding hydrogens is 430 g/mol. The minimum atomic E-state index is -3.20.